The molecule has 0 aliphatic heterocycles. The van der Waals surface area contributed by atoms with E-state index in [0.717, 1.165) is 0 Å². The van der Waals surface area contributed by atoms with E-state index in [1.165, 1.54) is 6.07 Å². The normalized spacial score (nSPS) is 12.9. The maximum atomic E-state index is 12.0. The lowest BCUT2D eigenvalue weighted by molar-refractivity contribution is -0.119. The van der Waals surface area contributed by atoms with Crippen molar-refractivity contribution >= 4 is 21.6 Å². The molecule has 112 valence electrons. The van der Waals surface area contributed by atoms with E-state index >= 15 is 0 Å². The molecule has 20 heavy (non-hydrogen) atoms. The van der Waals surface area contributed by atoms with Gasteiger partial charge in [-0.15, -0.1) is 0 Å². The predicted octanol–water partition coefficient (Wildman–Crippen LogP) is 0.908. The molecule has 1 rings (SSSR count). The first-order valence-corrected chi connectivity index (χ1v) is 8.00. The van der Waals surface area contributed by atoms with Crippen LogP contribution in [0.1, 0.15) is 20.3 Å². The van der Waals surface area contributed by atoms with Crippen LogP contribution in [0.4, 0.5) is 5.69 Å². The van der Waals surface area contributed by atoms with Crippen LogP contribution in [0, 0.1) is 5.92 Å². The minimum Gasteiger partial charge on any atom is -0.330 e. The standard InChI is InChI=1S/C13H21N3O3S/c1-3-15-20(18,19)12-7-5-4-6-11(12)16-13(17)10(2)8-9-14/h4-7,10,15H,3,8-9,14H2,1-2H3,(H,16,17). The molecule has 0 aromatic heterocycles. The lowest BCUT2D eigenvalue weighted by Gasteiger charge is -2.14. The van der Waals surface area contributed by atoms with E-state index in [-0.39, 0.29) is 29.0 Å². The summed E-state index contributed by atoms with van der Waals surface area (Å²) in [6, 6.07) is 6.32. The van der Waals surface area contributed by atoms with Gasteiger partial charge < -0.3 is 11.1 Å². The van der Waals surface area contributed by atoms with Crippen LogP contribution in [0.25, 0.3) is 0 Å². The number of benzene rings is 1. The molecule has 0 saturated carbocycles. The average Bonchev–Trinajstić information content (AvgIpc) is 2.39. The maximum Gasteiger partial charge on any atom is 0.242 e. The van der Waals surface area contributed by atoms with Crippen LogP contribution >= 0.6 is 0 Å². The molecule has 0 aliphatic carbocycles. The molecule has 0 fully saturated rings. The van der Waals surface area contributed by atoms with Gasteiger partial charge in [0.2, 0.25) is 15.9 Å². The van der Waals surface area contributed by atoms with Gasteiger partial charge in [-0.1, -0.05) is 26.0 Å². The van der Waals surface area contributed by atoms with Crippen molar-refractivity contribution in [1.29, 1.82) is 0 Å². The minimum absolute atomic E-state index is 0.0650. The monoisotopic (exact) mass is 299 g/mol. The van der Waals surface area contributed by atoms with E-state index in [2.05, 4.69) is 10.0 Å². The Labute approximate surface area is 119 Å². The number of rotatable bonds is 7. The fourth-order valence-corrected chi connectivity index (χ4v) is 2.91. The quantitative estimate of drug-likeness (QED) is 0.696. The molecule has 0 heterocycles. The van der Waals surface area contributed by atoms with Crippen LogP contribution < -0.4 is 15.8 Å². The van der Waals surface area contributed by atoms with Crippen LogP contribution in [0.5, 0.6) is 0 Å². The van der Waals surface area contributed by atoms with Gasteiger partial charge in [-0.25, -0.2) is 13.1 Å². The van der Waals surface area contributed by atoms with Crippen LogP contribution in [-0.4, -0.2) is 27.4 Å². The largest absolute Gasteiger partial charge is 0.330 e. The fraction of sp³-hybridized carbons (Fsp3) is 0.462. The molecule has 1 aromatic rings. The SMILES string of the molecule is CCNS(=O)(=O)c1ccccc1NC(=O)C(C)CCN. The zero-order valence-electron chi connectivity index (χ0n) is 11.7. The topological polar surface area (TPSA) is 101 Å². The molecule has 0 radical (unpaired) electrons. The van der Waals surface area contributed by atoms with Crippen molar-refractivity contribution in [2.45, 2.75) is 25.2 Å². The summed E-state index contributed by atoms with van der Waals surface area (Å²) in [5.41, 5.74) is 5.69. The van der Waals surface area contributed by atoms with Crippen molar-refractivity contribution in [3.05, 3.63) is 24.3 Å². The number of nitrogens with one attached hydrogen (secondary N) is 2. The number of para-hydroxylation sites is 1. The highest BCUT2D eigenvalue weighted by Crippen LogP contribution is 2.21. The number of sulfonamides is 1. The number of carbonyl (C=O) groups excluding carboxylic acids is 1. The Morgan fingerprint density at radius 2 is 2.00 bits per heavy atom. The minimum atomic E-state index is -3.61. The molecular weight excluding hydrogens is 278 g/mol. The van der Waals surface area contributed by atoms with E-state index in [9.17, 15) is 13.2 Å². The second-order valence-corrected chi connectivity index (χ2v) is 6.20. The molecule has 0 saturated heterocycles. The number of hydrogen-bond donors (Lipinski definition) is 3. The van der Waals surface area contributed by atoms with Crippen molar-refractivity contribution in [1.82, 2.24) is 4.72 Å². The molecule has 0 aliphatic rings. The summed E-state index contributed by atoms with van der Waals surface area (Å²) in [6.45, 7) is 4.14. The lowest BCUT2D eigenvalue weighted by atomic mass is 10.1. The fourth-order valence-electron chi connectivity index (χ4n) is 1.71. The molecule has 1 unspecified atom stereocenters. The van der Waals surface area contributed by atoms with Crippen molar-refractivity contribution in [2.24, 2.45) is 11.7 Å². The zero-order valence-corrected chi connectivity index (χ0v) is 12.5. The first-order chi connectivity index (χ1) is 9.42. The molecule has 4 N–H and O–H groups in total. The number of amides is 1. The predicted molar refractivity (Wildman–Crippen MR) is 78.8 cm³/mol. The van der Waals surface area contributed by atoms with Gasteiger partial charge in [0.15, 0.2) is 0 Å². The van der Waals surface area contributed by atoms with Gasteiger partial charge in [0.1, 0.15) is 4.90 Å². The van der Waals surface area contributed by atoms with Gasteiger partial charge in [-0.05, 0) is 25.1 Å². The lowest BCUT2D eigenvalue weighted by Crippen LogP contribution is -2.27. The van der Waals surface area contributed by atoms with Crippen LogP contribution in [0.2, 0.25) is 0 Å². The van der Waals surface area contributed by atoms with E-state index < -0.39 is 10.0 Å². The Hall–Kier alpha value is -1.44. The van der Waals surface area contributed by atoms with Crippen LogP contribution in [-0.2, 0) is 14.8 Å². The molecule has 1 aromatic carbocycles. The summed E-state index contributed by atoms with van der Waals surface area (Å²) < 4.78 is 26.5. The summed E-state index contributed by atoms with van der Waals surface area (Å²) >= 11 is 0. The first kappa shape index (κ1) is 16.6. The Bertz CT molecular complexity index is 558. The van der Waals surface area contributed by atoms with Crippen molar-refractivity contribution in [2.75, 3.05) is 18.4 Å². The highest BCUT2D eigenvalue weighted by atomic mass is 32.2. The molecular formula is C13H21N3O3S. The van der Waals surface area contributed by atoms with Crippen LogP contribution in [0.3, 0.4) is 0 Å². The van der Waals surface area contributed by atoms with Crippen molar-refractivity contribution in [3.63, 3.8) is 0 Å². The smallest absolute Gasteiger partial charge is 0.242 e. The highest BCUT2D eigenvalue weighted by molar-refractivity contribution is 7.89. The maximum absolute atomic E-state index is 12.0. The second kappa shape index (κ2) is 7.37. The van der Waals surface area contributed by atoms with E-state index in [1.807, 2.05) is 0 Å². The third-order valence-electron chi connectivity index (χ3n) is 2.82. The van der Waals surface area contributed by atoms with Gasteiger partial charge in [-0.2, -0.15) is 0 Å². The van der Waals surface area contributed by atoms with Crippen LogP contribution in [0.15, 0.2) is 29.2 Å². The number of anilines is 1. The summed E-state index contributed by atoms with van der Waals surface area (Å²) in [7, 11) is -3.61. The van der Waals surface area contributed by atoms with Crippen molar-refractivity contribution < 1.29 is 13.2 Å². The first-order valence-electron chi connectivity index (χ1n) is 6.52. The van der Waals surface area contributed by atoms with Gasteiger partial charge in [0.25, 0.3) is 0 Å². The Morgan fingerprint density at radius 1 is 1.35 bits per heavy atom. The molecule has 0 bridgehead atoms. The van der Waals surface area contributed by atoms with E-state index in [0.29, 0.717) is 13.0 Å². The average molecular weight is 299 g/mol. The van der Waals surface area contributed by atoms with E-state index in [1.54, 1.807) is 32.0 Å². The summed E-state index contributed by atoms with van der Waals surface area (Å²) in [4.78, 5) is 12.0. The summed E-state index contributed by atoms with van der Waals surface area (Å²) in [5.74, 6) is -0.510. The number of carbonyl (C=O) groups is 1. The Morgan fingerprint density at radius 3 is 2.60 bits per heavy atom. The molecule has 1 amide bonds. The van der Waals surface area contributed by atoms with Crippen molar-refractivity contribution in [3.8, 4) is 0 Å². The van der Waals surface area contributed by atoms with Gasteiger partial charge in [0, 0.05) is 12.5 Å². The Balaban J connectivity index is 3.00. The zero-order chi connectivity index (χ0) is 15.2. The van der Waals surface area contributed by atoms with Gasteiger partial charge >= 0.3 is 0 Å². The van der Waals surface area contributed by atoms with Gasteiger partial charge in [0.05, 0.1) is 5.69 Å². The second-order valence-electron chi connectivity index (χ2n) is 4.47. The third kappa shape index (κ3) is 4.29. The van der Waals surface area contributed by atoms with E-state index in [4.69, 9.17) is 5.73 Å². The van der Waals surface area contributed by atoms with Gasteiger partial charge in [-0.3, -0.25) is 4.79 Å². The summed E-state index contributed by atoms with van der Waals surface area (Å²) in [5, 5.41) is 2.65. The number of nitrogens with two attached hydrogens (primary N) is 1. The molecule has 7 heteroatoms. The molecule has 0 spiro atoms. The third-order valence-corrected chi connectivity index (χ3v) is 4.42. The Kier molecular flexibility index (Phi) is 6.12. The summed E-state index contributed by atoms with van der Waals surface area (Å²) in [6.07, 6.45) is 0.550. The number of hydrogen-bond acceptors (Lipinski definition) is 4. The highest BCUT2D eigenvalue weighted by Gasteiger charge is 2.20. The molecule has 6 nitrogen and oxygen atoms in total. The molecule has 1 atom stereocenters.